The van der Waals surface area contributed by atoms with E-state index in [0.717, 1.165) is 36.9 Å². The fraction of sp³-hybridized carbons (Fsp3) is 0.412. The van der Waals surface area contributed by atoms with Crippen molar-refractivity contribution in [3.05, 3.63) is 53.9 Å². The molecule has 0 saturated carbocycles. The first kappa shape index (κ1) is 16.2. The molecule has 0 fully saturated rings. The summed E-state index contributed by atoms with van der Waals surface area (Å²) < 4.78 is 14.6. The number of benzene rings is 1. The smallest absolute Gasteiger partial charge is 0.239 e. The van der Waals surface area contributed by atoms with Crippen LogP contribution < -0.4 is 5.32 Å². The van der Waals surface area contributed by atoms with Gasteiger partial charge in [-0.05, 0) is 43.9 Å². The van der Waals surface area contributed by atoms with E-state index in [2.05, 4.69) is 10.3 Å². The first-order valence-electron chi connectivity index (χ1n) is 7.63. The zero-order valence-corrected chi connectivity index (χ0v) is 12.9. The standard InChI is InChI=1S/C17H22FN3O/c1-14-11-19-13-21(14)12-17(22)20-10-4-2-3-5-15-6-8-16(18)9-7-15/h6-9,11,13H,2-5,10,12H2,1H3,(H,20,22). The molecule has 0 radical (unpaired) electrons. The Bertz CT molecular complexity index is 592. The molecular formula is C17H22FN3O. The van der Waals surface area contributed by atoms with Gasteiger partial charge in [-0.2, -0.15) is 0 Å². The van der Waals surface area contributed by atoms with Gasteiger partial charge in [0.2, 0.25) is 5.91 Å². The second-order valence-electron chi connectivity index (χ2n) is 5.45. The first-order valence-corrected chi connectivity index (χ1v) is 7.63. The molecular weight excluding hydrogens is 281 g/mol. The van der Waals surface area contributed by atoms with Crippen LogP contribution in [-0.4, -0.2) is 22.0 Å². The molecule has 5 heteroatoms. The van der Waals surface area contributed by atoms with E-state index in [-0.39, 0.29) is 11.7 Å². The van der Waals surface area contributed by atoms with Gasteiger partial charge in [-0.15, -0.1) is 0 Å². The maximum absolute atomic E-state index is 12.8. The van der Waals surface area contributed by atoms with Crippen molar-refractivity contribution >= 4 is 5.91 Å². The van der Waals surface area contributed by atoms with Crippen molar-refractivity contribution in [2.24, 2.45) is 0 Å². The number of aryl methyl sites for hydroxylation is 2. The molecule has 0 aliphatic carbocycles. The molecule has 0 aliphatic rings. The van der Waals surface area contributed by atoms with Crippen molar-refractivity contribution in [1.29, 1.82) is 0 Å². The van der Waals surface area contributed by atoms with Crippen molar-refractivity contribution in [3.63, 3.8) is 0 Å². The lowest BCUT2D eigenvalue weighted by atomic mass is 10.1. The largest absolute Gasteiger partial charge is 0.355 e. The number of carbonyl (C=O) groups is 1. The highest BCUT2D eigenvalue weighted by Gasteiger charge is 2.03. The number of amides is 1. The maximum atomic E-state index is 12.8. The SMILES string of the molecule is Cc1cncn1CC(=O)NCCCCCc1ccc(F)cc1. The second kappa shape index (κ2) is 8.32. The van der Waals surface area contributed by atoms with Crippen LogP contribution in [-0.2, 0) is 17.8 Å². The number of carbonyl (C=O) groups excluding carboxylic acids is 1. The van der Waals surface area contributed by atoms with E-state index in [1.165, 1.54) is 12.1 Å². The zero-order valence-electron chi connectivity index (χ0n) is 12.9. The van der Waals surface area contributed by atoms with E-state index in [1.807, 2.05) is 23.6 Å². The van der Waals surface area contributed by atoms with Gasteiger partial charge in [0, 0.05) is 18.4 Å². The summed E-state index contributed by atoms with van der Waals surface area (Å²) in [6.45, 7) is 2.94. The Labute approximate surface area is 130 Å². The van der Waals surface area contributed by atoms with Gasteiger partial charge in [0.15, 0.2) is 0 Å². The fourth-order valence-corrected chi connectivity index (χ4v) is 2.27. The lowest BCUT2D eigenvalue weighted by Crippen LogP contribution is -2.28. The summed E-state index contributed by atoms with van der Waals surface area (Å²) in [6.07, 6.45) is 7.39. The summed E-state index contributed by atoms with van der Waals surface area (Å²) in [7, 11) is 0. The van der Waals surface area contributed by atoms with Gasteiger partial charge >= 0.3 is 0 Å². The Hall–Kier alpha value is -2.17. The third-order valence-electron chi connectivity index (χ3n) is 3.61. The molecule has 0 unspecified atom stereocenters. The van der Waals surface area contributed by atoms with E-state index in [1.54, 1.807) is 12.5 Å². The van der Waals surface area contributed by atoms with Crippen LogP contribution in [0.3, 0.4) is 0 Å². The van der Waals surface area contributed by atoms with Gasteiger partial charge in [0.1, 0.15) is 12.4 Å². The van der Waals surface area contributed by atoms with Crippen LogP contribution >= 0.6 is 0 Å². The third-order valence-corrected chi connectivity index (χ3v) is 3.61. The molecule has 1 N–H and O–H groups in total. The zero-order chi connectivity index (χ0) is 15.8. The van der Waals surface area contributed by atoms with Crippen molar-refractivity contribution in [3.8, 4) is 0 Å². The van der Waals surface area contributed by atoms with Crippen molar-refractivity contribution < 1.29 is 9.18 Å². The normalized spacial score (nSPS) is 10.6. The van der Waals surface area contributed by atoms with E-state index < -0.39 is 0 Å². The van der Waals surface area contributed by atoms with E-state index in [4.69, 9.17) is 0 Å². The summed E-state index contributed by atoms with van der Waals surface area (Å²) in [6, 6.07) is 6.64. The minimum Gasteiger partial charge on any atom is -0.355 e. The number of rotatable bonds is 8. The molecule has 0 saturated heterocycles. The van der Waals surface area contributed by atoms with Crippen molar-refractivity contribution in [2.45, 2.75) is 39.2 Å². The lowest BCUT2D eigenvalue weighted by Gasteiger charge is -2.07. The topological polar surface area (TPSA) is 46.9 Å². The van der Waals surface area contributed by atoms with Crippen molar-refractivity contribution in [2.75, 3.05) is 6.54 Å². The molecule has 1 aromatic heterocycles. The van der Waals surface area contributed by atoms with Crippen LogP contribution in [0, 0.1) is 12.7 Å². The molecule has 22 heavy (non-hydrogen) atoms. The van der Waals surface area contributed by atoms with Crippen LogP contribution in [0.15, 0.2) is 36.8 Å². The number of aromatic nitrogens is 2. The minimum absolute atomic E-state index is 0.0136. The van der Waals surface area contributed by atoms with Gasteiger partial charge in [0.25, 0.3) is 0 Å². The number of hydrogen-bond donors (Lipinski definition) is 1. The molecule has 2 rings (SSSR count). The molecule has 118 valence electrons. The Kier molecular flexibility index (Phi) is 6.13. The van der Waals surface area contributed by atoms with E-state index in [0.29, 0.717) is 13.1 Å². The highest BCUT2D eigenvalue weighted by molar-refractivity contribution is 5.75. The molecule has 1 amide bonds. The summed E-state index contributed by atoms with van der Waals surface area (Å²) in [4.78, 5) is 15.7. The highest BCUT2D eigenvalue weighted by atomic mass is 19.1. The molecule has 0 spiro atoms. The van der Waals surface area contributed by atoms with Gasteiger partial charge in [-0.3, -0.25) is 4.79 Å². The molecule has 2 aromatic rings. The molecule has 1 heterocycles. The minimum atomic E-state index is -0.195. The van der Waals surface area contributed by atoms with Crippen LogP contribution in [0.1, 0.15) is 30.5 Å². The second-order valence-corrected chi connectivity index (χ2v) is 5.45. The Morgan fingerprint density at radius 3 is 2.68 bits per heavy atom. The van der Waals surface area contributed by atoms with E-state index >= 15 is 0 Å². The van der Waals surface area contributed by atoms with Gasteiger partial charge < -0.3 is 9.88 Å². The molecule has 0 bridgehead atoms. The predicted molar refractivity (Wildman–Crippen MR) is 83.9 cm³/mol. The summed E-state index contributed by atoms with van der Waals surface area (Å²) in [5.74, 6) is -0.181. The average molecular weight is 303 g/mol. The van der Waals surface area contributed by atoms with Gasteiger partial charge in [-0.1, -0.05) is 18.6 Å². The first-order chi connectivity index (χ1) is 10.6. The monoisotopic (exact) mass is 303 g/mol. The van der Waals surface area contributed by atoms with Crippen molar-refractivity contribution in [1.82, 2.24) is 14.9 Å². The van der Waals surface area contributed by atoms with Gasteiger partial charge in [0.05, 0.1) is 6.33 Å². The Morgan fingerprint density at radius 1 is 1.23 bits per heavy atom. The van der Waals surface area contributed by atoms with Crippen LogP contribution in [0.5, 0.6) is 0 Å². The Balaban J connectivity index is 1.54. The van der Waals surface area contributed by atoms with E-state index in [9.17, 15) is 9.18 Å². The molecule has 1 aromatic carbocycles. The van der Waals surface area contributed by atoms with Crippen LogP contribution in [0.4, 0.5) is 4.39 Å². The summed E-state index contributed by atoms with van der Waals surface area (Å²) in [5, 5.41) is 2.92. The fourth-order valence-electron chi connectivity index (χ4n) is 2.27. The van der Waals surface area contributed by atoms with Gasteiger partial charge in [-0.25, -0.2) is 9.37 Å². The maximum Gasteiger partial charge on any atom is 0.239 e. The number of unbranched alkanes of at least 4 members (excludes halogenated alkanes) is 2. The quantitative estimate of drug-likeness (QED) is 0.762. The molecule has 4 nitrogen and oxygen atoms in total. The number of halogens is 1. The number of imidazole rings is 1. The number of nitrogens with one attached hydrogen (secondary N) is 1. The summed E-state index contributed by atoms with van der Waals surface area (Å²) in [5.41, 5.74) is 2.13. The number of hydrogen-bond acceptors (Lipinski definition) is 2. The molecule has 0 atom stereocenters. The number of nitrogens with zero attached hydrogens (tertiary/aromatic N) is 2. The average Bonchev–Trinajstić information content (AvgIpc) is 2.90. The summed E-state index contributed by atoms with van der Waals surface area (Å²) >= 11 is 0. The molecule has 0 aliphatic heterocycles. The predicted octanol–water partition coefficient (Wildman–Crippen LogP) is 2.86. The Morgan fingerprint density at radius 2 is 2.00 bits per heavy atom. The van der Waals surface area contributed by atoms with Crippen LogP contribution in [0.25, 0.3) is 0 Å². The van der Waals surface area contributed by atoms with Crippen LogP contribution in [0.2, 0.25) is 0 Å². The highest BCUT2D eigenvalue weighted by Crippen LogP contribution is 2.07. The lowest BCUT2D eigenvalue weighted by molar-refractivity contribution is -0.121. The third kappa shape index (κ3) is 5.31.